The maximum Gasteiger partial charge on any atom is 0.275 e. The minimum Gasteiger partial charge on any atom is -0.390 e. The molecule has 6 rings (SSSR count). The van der Waals surface area contributed by atoms with Gasteiger partial charge in [-0.15, -0.1) is 0 Å². The van der Waals surface area contributed by atoms with Gasteiger partial charge in [-0.25, -0.2) is 4.98 Å². The molecule has 2 aliphatic heterocycles. The number of hydrogen-bond acceptors (Lipinski definition) is 7. The summed E-state index contributed by atoms with van der Waals surface area (Å²) < 4.78 is 11.6. The number of carbonyl (C=O) groups excluding carboxylic acids is 2. The number of nitrogens with one attached hydrogen (secondary N) is 2. The minimum atomic E-state index is -1.02. The van der Waals surface area contributed by atoms with Gasteiger partial charge >= 0.3 is 0 Å². The Hall–Kier alpha value is -3.60. The lowest BCUT2D eigenvalue weighted by atomic mass is 9.94. The summed E-state index contributed by atoms with van der Waals surface area (Å²) in [7, 11) is 0. The van der Waals surface area contributed by atoms with Gasteiger partial charge in [0.25, 0.3) is 5.91 Å². The molecule has 10 heteroatoms. The standard InChI is InChI=1S/C26H27N5O5/c32-21-10-15-4-1-2-6-17(15)22(21)30-24(33)23(16-5-3-8-27-11-16)31(25(34)19-12-28-14-29-19)20-13-36-26-18(20)7-9-35-26/h1-6,8,11-12,14,18,20-23,26,32H,7,9-10,13H2,(H,28,29)(H,30,33)/t18?,20?,21-,22+,23?,26?/m0/s1. The number of aromatic nitrogens is 3. The molecule has 186 valence electrons. The van der Waals surface area contributed by atoms with E-state index in [4.69, 9.17) is 9.47 Å². The van der Waals surface area contributed by atoms with Crippen LogP contribution in [0.15, 0.2) is 61.3 Å². The minimum absolute atomic E-state index is 0.0716. The molecule has 0 spiro atoms. The van der Waals surface area contributed by atoms with Gasteiger partial charge in [-0.05, 0) is 23.6 Å². The van der Waals surface area contributed by atoms with Crippen LogP contribution < -0.4 is 5.32 Å². The number of H-pyrrole nitrogens is 1. The zero-order chi connectivity index (χ0) is 24.6. The summed E-state index contributed by atoms with van der Waals surface area (Å²) >= 11 is 0. The Kier molecular flexibility index (Phi) is 6.00. The maximum atomic E-state index is 14.1. The molecule has 0 radical (unpaired) electrons. The molecule has 4 heterocycles. The number of aromatic amines is 1. The first kappa shape index (κ1) is 22.8. The van der Waals surface area contributed by atoms with Gasteiger partial charge in [0, 0.05) is 36.5 Å². The van der Waals surface area contributed by atoms with Gasteiger partial charge in [0.15, 0.2) is 6.29 Å². The van der Waals surface area contributed by atoms with E-state index in [1.54, 1.807) is 29.4 Å². The second-order valence-corrected chi connectivity index (χ2v) is 9.40. The molecule has 1 aliphatic carbocycles. The summed E-state index contributed by atoms with van der Waals surface area (Å²) in [6.07, 6.45) is 6.15. The van der Waals surface area contributed by atoms with Crippen LogP contribution in [0.5, 0.6) is 0 Å². The number of imidazole rings is 1. The molecule has 2 amide bonds. The highest BCUT2D eigenvalue weighted by molar-refractivity contribution is 5.97. The lowest BCUT2D eigenvalue weighted by molar-refractivity contribution is -0.128. The number of aliphatic hydroxyl groups excluding tert-OH is 1. The molecular formula is C26H27N5O5. The number of hydrogen-bond donors (Lipinski definition) is 3. The van der Waals surface area contributed by atoms with Crippen molar-refractivity contribution in [2.75, 3.05) is 13.2 Å². The summed E-state index contributed by atoms with van der Waals surface area (Å²) in [5.74, 6) is -0.874. The number of amides is 2. The Morgan fingerprint density at radius 1 is 1.19 bits per heavy atom. The largest absolute Gasteiger partial charge is 0.390 e. The van der Waals surface area contributed by atoms with Crippen molar-refractivity contribution in [2.45, 2.75) is 43.4 Å². The van der Waals surface area contributed by atoms with Crippen LogP contribution >= 0.6 is 0 Å². The fourth-order valence-corrected chi connectivity index (χ4v) is 5.65. The smallest absolute Gasteiger partial charge is 0.275 e. The van der Waals surface area contributed by atoms with E-state index in [1.165, 1.54) is 12.5 Å². The predicted octanol–water partition coefficient (Wildman–Crippen LogP) is 1.52. The van der Waals surface area contributed by atoms with Crippen molar-refractivity contribution in [3.63, 3.8) is 0 Å². The van der Waals surface area contributed by atoms with Gasteiger partial charge in [-0.2, -0.15) is 0 Å². The Bertz CT molecular complexity index is 1240. The van der Waals surface area contributed by atoms with E-state index in [2.05, 4.69) is 20.3 Å². The van der Waals surface area contributed by atoms with Gasteiger partial charge in [0.1, 0.15) is 11.7 Å². The molecule has 3 aromatic rings. The molecule has 1 aromatic carbocycles. The molecule has 0 saturated carbocycles. The normalized spacial score (nSPS) is 27.3. The highest BCUT2D eigenvalue weighted by Crippen LogP contribution is 2.39. The molecule has 6 atom stereocenters. The van der Waals surface area contributed by atoms with Crippen LogP contribution in [0.4, 0.5) is 0 Å². The summed E-state index contributed by atoms with van der Waals surface area (Å²) in [5.41, 5.74) is 2.63. The third-order valence-corrected chi connectivity index (χ3v) is 7.35. The van der Waals surface area contributed by atoms with Crippen LogP contribution in [0.1, 0.15) is 45.7 Å². The molecule has 3 aliphatic rings. The van der Waals surface area contributed by atoms with Crippen LogP contribution in [-0.4, -0.2) is 68.4 Å². The van der Waals surface area contributed by atoms with Crippen molar-refractivity contribution in [2.24, 2.45) is 5.92 Å². The summed E-state index contributed by atoms with van der Waals surface area (Å²) in [6.45, 7) is 0.773. The fraction of sp³-hybridized carbons (Fsp3) is 0.385. The number of ether oxygens (including phenoxy) is 2. The number of rotatable bonds is 6. The average Bonchev–Trinajstić information content (AvgIpc) is 3.69. The van der Waals surface area contributed by atoms with Crippen molar-refractivity contribution in [1.29, 1.82) is 0 Å². The fourth-order valence-electron chi connectivity index (χ4n) is 5.65. The van der Waals surface area contributed by atoms with Gasteiger partial charge in [-0.3, -0.25) is 14.6 Å². The second kappa shape index (κ2) is 9.45. The molecule has 0 bridgehead atoms. The highest BCUT2D eigenvalue weighted by Gasteiger charge is 2.50. The SMILES string of the molecule is O=C(N[C@@H]1c2ccccc2C[C@@H]1O)C(c1cccnc1)N(C(=O)c1c[nH]cn1)C1COC2OCCC21. The Morgan fingerprint density at radius 2 is 2.08 bits per heavy atom. The molecule has 2 saturated heterocycles. The van der Waals surface area contributed by atoms with Crippen molar-refractivity contribution >= 4 is 11.8 Å². The van der Waals surface area contributed by atoms with E-state index in [1.807, 2.05) is 24.3 Å². The van der Waals surface area contributed by atoms with Crippen LogP contribution in [0, 0.1) is 5.92 Å². The first-order valence-electron chi connectivity index (χ1n) is 12.1. The predicted molar refractivity (Wildman–Crippen MR) is 126 cm³/mol. The van der Waals surface area contributed by atoms with E-state index in [9.17, 15) is 14.7 Å². The van der Waals surface area contributed by atoms with E-state index in [0.717, 1.165) is 17.5 Å². The van der Waals surface area contributed by atoms with Gasteiger partial charge in [0.05, 0.1) is 37.7 Å². The van der Waals surface area contributed by atoms with E-state index < -0.39 is 42.3 Å². The summed E-state index contributed by atoms with van der Waals surface area (Å²) in [6, 6.07) is 9.17. The van der Waals surface area contributed by atoms with Crippen molar-refractivity contribution < 1.29 is 24.2 Å². The van der Waals surface area contributed by atoms with E-state index >= 15 is 0 Å². The van der Waals surface area contributed by atoms with Gasteiger partial charge in [-0.1, -0.05) is 30.3 Å². The number of aliphatic hydroxyl groups is 1. The second-order valence-electron chi connectivity index (χ2n) is 9.40. The topological polar surface area (TPSA) is 130 Å². The number of nitrogens with zero attached hydrogens (tertiary/aromatic N) is 3. The average molecular weight is 490 g/mol. The highest BCUT2D eigenvalue weighted by atomic mass is 16.7. The van der Waals surface area contributed by atoms with Crippen molar-refractivity contribution in [3.8, 4) is 0 Å². The van der Waals surface area contributed by atoms with Crippen molar-refractivity contribution in [1.82, 2.24) is 25.2 Å². The van der Waals surface area contributed by atoms with Crippen LogP contribution in [0.25, 0.3) is 0 Å². The van der Waals surface area contributed by atoms with E-state index in [0.29, 0.717) is 18.6 Å². The maximum absolute atomic E-state index is 14.1. The first-order chi connectivity index (χ1) is 17.6. The third kappa shape index (κ3) is 3.97. The van der Waals surface area contributed by atoms with Gasteiger partial charge < -0.3 is 29.8 Å². The first-order valence-corrected chi connectivity index (χ1v) is 12.1. The number of fused-ring (bicyclic) bond motifs is 2. The molecule has 2 fully saturated rings. The van der Waals surface area contributed by atoms with E-state index in [-0.39, 0.29) is 18.2 Å². The Morgan fingerprint density at radius 3 is 2.89 bits per heavy atom. The summed E-state index contributed by atoms with van der Waals surface area (Å²) in [4.78, 5) is 40.8. The Labute approximate surface area is 207 Å². The zero-order valence-corrected chi connectivity index (χ0v) is 19.5. The lowest BCUT2D eigenvalue weighted by Crippen LogP contribution is -2.52. The van der Waals surface area contributed by atoms with Crippen LogP contribution in [-0.2, 0) is 20.7 Å². The van der Waals surface area contributed by atoms with Gasteiger partial charge in [0.2, 0.25) is 5.91 Å². The monoisotopic (exact) mass is 489 g/mol. The quantitative estimate of drug-likeness (QED) is 0.479. The third-order valence-electron chi connectivity index (χ3n) is 7.35. The number of pyridine rings is 1. The Balaban J connectivity index is 1.40. The molecule has 2 aromatic heterocycles. The molecule has 3 N–H and O–H groups in total. The number of carbonyl (C=O) groups is 2. The van der Waals surface area contributed by atoms with Crippen LogP contribution in [0.3, 0.4) is 0 Å². The molecule has 4 unspecified atom stereocenters. The van der Waals surface area contributed by atoms with Crippen molar-refractivity contribution in [3.05, 3.63) is 83.7 Å². The molecule has 36 heavy (non-hydrogen) atoms. The molecular weight excluding hydrogens is 462 g/mol. The lowest BCUT2D eigenvalue weighted by Gasteiger charge is -2.37. The molecule has 10 nitrogen and oxygen atoms in total. The number of benzene rings is 1. The zero-order valence-electron chi connectivity index (χ0n) is 19.5. The van der Waals surface area contributed by atoms with Crippen LogP contribution in [0.2, 0.25) is 0 Å². The summed E-state index contributed by atoms with van der Waals surface area (Å²) in [5, 5.41) is 13.8.